The van der Waals surface area contributed by atoms with Crippen molar-refractivity contribution in [3.05, 3.63) is 47.6 Å². The van der Waals surface area contributed by atoms with Crippen LogP contribution in [0.1, 0.15) is 113 Å². The van der Waals surface area contributed by atoms with Gasteiger partial charge in [-0.15, -0.1) is 0 Å². The second kappa shape index (κ2) is 12.9. The third-order valence-corrected chi connectivity index (χ3v) is 22.0. The van der Waals surface area contributed by atoms with E-state index < -0.39 is 16.6 Å². The largest absolute Gasteiger partial charge is 0.413 e. The molecule has 4 saturated carbocycles. The van der Waals surface area contributed by atoms with E-state index in [0.29, 0.717) is 34.9 Å². The number of ketones is 1. The fourth-order valence-corrected chi connectivity index (χ4v) is 10.5. The van der Waals surface area contributed by atoms with E-state index in [4.69, 9.17) is 8.85 Å². The van der Waals surface area contributed by atoms with Crippen LogP contribution in [-0.4, -0.2) is 34.6 Å². The van der Waals surface area contributed by atoms with Crippen LogP contribution < -0.4 is 0 Å². The van der Waals surface area contributed by atoms with Crippen molar-refractivity contribution in [2.24, 2.45) is 29.1 Å². The Kier molecular flexibility index (Phi) is 10.5. The summed E-state index contributed by atoms with van der Waals surface area (Å²) in [6, 6.07) is 0. The van der Waals surface area contributed by atoms with Gasteiger partial charge in [0, 0.05) is 12.3 Å². The van der Waals surface area contributed by atoms with E-state index in [-0.39, 0.29) is 22.3 Å². The summed E-state index contributed by atoms with van der Waals surface area (Å²) in [6.45, 7) is 33.0. The topological polar surface area (TPSA) is 35.5 Å². The molecule has 44 heavy (non-hydrogen) atoms. The van der Waals surface area contributed by atoms with Gasteiger partial charge in [-0.1, -0.05) is 85.8 Å². The van der Waals surface area contributed by atoms with E-state index in [2.05, 4.69) is 106 Å². The van der Waals surface area contributed by atoms with Crippen LogP contribution >= 0.6 is 0 Å². The van der Waals surface area contributed by atoms with Gasteiger partial charge in [0.05, 0.1) is 12.2 Å². The first kappa shape index (κ1) is 35.8. The molecular weight excluding hydrogens is 573 g/mol. The van der Waals surface area contributed by atoms with Crippen molar-refractivity contribution >= 4 is 22.4 Å². The number of rotatable bonds is 9. The van der Waals surface area contributed by atoms with Gasteiger partial charge in [0.2, 0.25) is 0 Å². The molecule has 4 rings (SSSR count). The highest BCUT2D eigenvalue weighted by Gasteiger charge is 2.50. The van der Waals surface area contributed by atoms with E-state index in [1.165, 1.54) is 43.3 Å². The fourth-order valence-electron chi connectivity index (χ4n) is 7.79. The molecule has 0 saturated heterocycles. The lowest BCUT2D eigenvalue weighted by Gasteiger charge is -2.45. The summed E-state index contributed by atoms with van der Waals surface area (Å²) < 4.78 is 14.1. The second-order valence-corrected chi connectivity index (χ2v) is 27.8. The summed E-state index contributed by atoms with van der Waals surface area (Å²) in [6.07, 6.45) is 19.5. The molecule has 0 unspecified atom stereocenters. The molecule has 6 atom stereocenters. The van der Waals surface area contributed by atoms with Crippen LogP contribution in [0.15, 0.2) is 47.6 Å². The summed E-state index contributed by atoms with van der Waals surface area (Å²) in [5.41, 5.74) is 4.43. The maximum atomic E-state index is 12.4. The predicted octanol–water partition coefficient (Wildman–Crippen LogP) is 11.4. The molecule has 0 aliphatic heterocycles. The first-order chi connectivity index (χ1) is 20.2. The quantitative estimate of drug-likeness (QED) is 0.186. The van der Waals surface area contributed by atoms with Crippen LogP contribution in [0.4, 0.5) is 0 Å². The average Bonchev–Trinajstić information content (AvgIpc) is 3.68. The van der Waals surface area contributed by atoms with Crippen LogP contribution in [0.25, 0.3) is 0 Å². The Labute approximate surface area is 273 Å². The lowest BCUT2D eigenvalue weighted by Crippen LogP contribution is -2.49. The van der Waals surface area contributed by atoms with Crippen molar-refractivity contribution in [2.45, 2.75) is 162 Å². The molecule has 0 aromatic heterocycles. The van der Waals surface area contributed by atoms with Crippen LogP contribution in [0.5, 0.6) is 0 Å². The summed E-state index contributed by atoms with van der Waals surface area (Å²) in [5, 5.41) is 0.321. The van der Waals surface area contributed by atoms with E-state index >= 15 is 0 Å². The molecule has 0 radical (unpaired) electrons. The van der Waals surface area contributed by atoms with Gasteiger partial charge in [-0.2, -0.15) is 0 Å². The van der Waals surface area contributed by atoms with Crippen molar-refractivity contribution in [2.75, 3.05) is 0 Å². The van der Waals surface area contributed by atoms with Gasteiger partial charge in [-0.3, -0.25) is 4.79 Å². The lowest BCUT2D eigenvalue weighted by atomic mass is 9.61. The molecule has 0 amide bonds. The SMILES string of the molecule is C=C1/C(=C\C=C2/CCC[C@]3(C)[C@@H]([C@H](C)/C=C/C(=O)C4CC4)CC[C@@H]23)C[C@H](O[Si](C)(C)C(C)(C)C)C[C@H]1O[Si](C)(C)C(C)(C)C. The van der Waals surface area contributed by atoms with Gasteiger partial charge in [-0.25, -0.2) is 0 Å². The number of hydrogen-bond acceptors (Lipinski definition) is 3. The standard InChI is InChI=1S/C39H66O3Si2/c1-27(16-23-35(40)30-18-19-30)33-21-22-34-29(15-14-24-39(33,34)9)17-20-31-25-32(41-43(10,11)37(3,4)5)26-36(28(31)2)42-44(12,13)38(6,7)8/h16-17,20,23,27,30,32-34,36H,2,14-15,18-19,21-22,24-26H2,1,3-13H3/b23-16+,29-17+,31-20-/t27-,32+,33-,34+,36-,39-/m1/s1. The zero-order valence-electron chi connectivity index (χ0n) is 30.6. The minimum atomic E-state index is -1.98. The molecule has 0 aromatic rings. The number of allylic oxidation sites excluding steroid dienone is 5. The van der Waals surface area contributed by atoms with E-state index in [1.54, 1.807) is 5.57 Å². The molecule has 4 fully saturated rings. The Morgan fingerprint density at radius 1 is 0.955 bits per heavy atom. The van der Waals surface area contributed by atoms with Crippen molar-refractivity contribution in [1.29, 1.82) is 0 Å². The second-order valence-electron chi connectivity index (χ2n) is 18.3. The molecule has 0 bridgehead atoms. The van der Waals surface area contributed by atoms with Crippen LogP contribution in [0, 0.1) is 29.1 Å². The smallest absolute Gasteiger partial charge is 0.192 e. The normalized spacial score (nSPS) is 33.3. The number of fused-ring (bicyclic) bond motifs is 1. The highest BCUT2D eigenvalue weighted by Crippen LogP contribution is 2.59. The maximum absolute atomic E-state index is 12.4. The molecule has 3 nitrogen and oxygen atoms in total. The first-order valence-corrected chi connectivity index (χ1v) is 23.6. The van der Waals surface area contributed by atoms with E-state index in [0.717, 1.165) is 25.7 Å². The Morgan fingerprint density at radius 3 is 2.16 bits per heavy atom. The molecular formula is C39H66O3Si2. The summed E-state index contributed by atoms with van der Waals surface area (Å²) in [7, 11) is -3.91. The van der Waals surface area contributed by atoms with Crippen molar-refractivity contribution in [3.8, 4) is 0 Å². The molecule has 5 heteroatoms. The van der Waals surface area contributed by atoms with Gasteiger partial charge >= 0.3 is 0 Å². The van der Waals surface area contributed by atoms with Crippen LogP contribution in [-0.2, 0) is 13.6 Å². The molecule has 4 aliphatic carbocycles. The molecule has 0 N–H and O–H groups in total. The van der Waals surface area contributed by atoms with Gasteiger partial charge in [0.1, 0.15) is 0 Å². The minimum absolute atomic E-state index is 0.0162. The van der Waals surface area contributed by atoms with E-state index in [9.17, 15) is 4.79 Å². The number of carbonyl (C=O) groups is 1. The molecule has 0 heterocycles. The Bertz CT molecular complexity index is 1170. The van der Waals surface area contributed by atoms with E-state index in [1.807, 2.05) is 6.08 Å². The Hall–Kier alpha value is -1.02. The highest BCUT2D eigenvalue weighted by atomic mass is 28.4. The van der Waals surface area contributed by atoms with Gasteiger partial charge in [0.15, 0.2) is 22.4 Å². The first-order valence-electron chi connectivity index (χ1n) is 17.8. The molecule has 248 valence electrons. The zero-order valence-corrected chi connectivity index (χ0v) is 32.6. The Morgan fingerprint density at radius 2 is 1.57 bits per heavy atom. The summed E-state index contributed by atoms with van der Waals surface area (Å²) in [4.78, 5) is 12.4. The Balaban J connectivity index is 1.58. The highest BCUT2D eigenvalue weighted by molar-refractivity contribution is 6.74. The number of carbonyl (C=O) groups excluding carboxylic acids is 1. The number of hydrogen-bond donors (Lipinski definition) is 0. The van der Waals surface area contributed by atoms with Crippen LogP contribution in [0.3, 0.4) is 0 Å². The monoisotopic (exact) mass is 638 g/mol. The molecule has 4 aliphatic rings. The van der Waals surface area contributed by atoms with Gasteiger partial charge in [0.25, 0.3) is 0 Å². The third-order valence-electron chi connectivity index (χ3n) is 13.0. The summed E-state index contributed by atoms with van der Waals surface area (Å²) >= 11 is 0. The minimum Gasteiger partial charge on any atom is -0.413 e. The lowest BCUT2D eigenvalue weighted by molar-refractivity contribution is -0.115. The van der Waals surface area contributed by atoms with Crippen molar-refractivity contribution in [1.82, 2.24) is 0 Å². The zero-order chi connectivity index (χ0) is 32.9. The molecule has 0 aromatic carbocycles. The fraction of sp³-hybridized carbons (Fsp3) is 0.769. The third kappa shape index (κ3) is 7.74. The van der Waals surface area contributed by atoms with Gasteiger partial charge in [-0.05, 0) is 128 Å². The van der Waals surface area contributed by atoms with Gasteiger partial charge < -0.3 is 8.85 Å². The maximum Gasteiger partial charge on any atom is 0.192 e. The van der Waals surface area contributed by atoms with Crippen molar-refractivity contribution < 1.29 is 13.6 Å². The summed E-state index contributed by atoms with van der Waals surface area (Å²) in [5.74, 6) is 2.39. The van der Waals surface area contributed by atoms with Crippen molar-refractivity contribution in [3.63, 3.8) is 0 Å². The average molecular weight is 639 g/mol. The van der Waals surface area contributed by atoms with Crippen LogP contribution in [0.2, 0.25) is 36.3 Å². The molecule has 0 spiro atoms. The predicted molar refractivity (Wildman–Crippen MR) is 193 cm³/mol.